The van der Waals surface area contributed by atoms with Crippen LogP contribution in [-0.2, 0) is 10.0 Å². The van der Waals surface area contributed by atoms with Crippen LogP contribution >= 0.6 is 0 Å². The normalized spacial score (nSPS) is 18.8. The Morgan fingerprint density at radius 2 is 1.92 bits per heavy atom. The number of halogens is 2. The molecule has 1 aliphatic rings. The first kappa shape index (κ1) is 17.8. The summed E-state index contributed by atoms with van der Waals surface area (Å²) >= 11 is 0. The molecule has 1 atom stereocenters. The SMILES string of the molecule is CC(C)(C)S(=O)(=O)n1nccc1N1CCC[C@@H]1c1cc(F)ccc1F. The highest BCUT2D eigenvalue weighted by molar-refractivity contribution is 7.91. The fourth-order valence-electron chi connectivity index (χ4n) is 3.07. The van der Waals surface area contributed by atoms with Crippen molar-refractivity contribution in [2.75, 3.05) is 11.4 Å². The lowest BCUT2D eigenvalue weighted by Crippen LogP contribution is -2.37. The van der Waals surface area contributed by atoms with Gasteiger partial charge in [0.1, 0.15) is 17.5 Å². The maximum Gasteiger partial charge on any atom is 0.260 e. The third-order valence-corrected chi connectivity index (χ3v) is 6.74. The van der Waals surface area contributed by atoms with Crippen molar-refractivity contribution in [3.05, 3.63) is 47.7 Å². The Morgan fingerprint density at radius 3 is 2.60 bits per heavy atom. The molecule has 2 aromatic rings. The molecule has 0 saturated carbocycles. The van der Waals surface area contributed by atoms with E-state index in [1.807, 2.05) is 0 Å². The highest BCUT2D eigenvalue weighted by Gasteiger charge is 2.37. The van der Waals surface area contributed by atoms with Gasteiger partial charge in [-0.05, 0) is 51.8 Å². The van der Waals surface area contributed by atoms with Gasteiger partial charge in [-0.3, -0.25) is 0 Å². The number of nitrogens with zero attached hydrogens (tertiary/aromatic N) is 3. The van der Waals surface area contributed by atoms with Crippen molar-refractivity contribution in [3.8, 4) is 0 Å². The maximum absolute atomic E-state index is 14.2. The zero-order valence-electron chi connectivity index (χ0n) is 14.4. The zero-order valence-corrected chi connectivity index (χ0v) is 15.2. The first-order chi connectivity index (χ1) is 11.6. The third kappa shape index (κ3) is 3.03. The fourth-order valence-corrected chi connectivity index (χ4v) is 4.18. The van der Waals surface area contributed by atoms with Gasteiger partial charge >= 0.3 is 0 Å². The first-order valence-corrected chi connectivity index (χ1v) is 9.57. The second-order valence-corrected chi connectivity index (χ2v) is 9.69. The molecule has 0 amide bonds. The molecule has 0 bridgehead atoms. The quantitative estimate of drug-likeness (QED) is 0.831. The topological polar surface area (TPSA) is 55.2 Å². The van der Waals surface area contributed by atoms with E-state index in [4.69, 9.17) is 0 Å². The van der Waals surface area contributed by atoms with Crippen LogP contribution in [0.1, 0.15) is 45.2 Å². The van der Waals surface area contributed by atoms with Crippen LogP contribution in [0.4, 0.5) is 14.6 Å². The summed E-state index contributed by atoms with van der Waals surface area (Å²) in [4.78, 5) is 1.79. The molecule has 1 saturated heterocycles. The summed E-state index contributed by atoms with van der Waals surface area (Å²) in [5.74, 6) is -0.636. The van der Waals surface area contributed by atoms with Gasteiger partial charge in [-0.2, -0.15) is 5.10 Å². The van der Waals surface area contributed by atoms with Crippen molar-refractivity contribution in [2.45, 2.75) is 44.4 Å². The van der Waals surface area contributed by atoms with Crippen molar-refractivity contribution < 1.29 is 17.2 Å². The molecule has 0 radical (unpaired) electrons. The Morgan fingerprint density at radius 1 is 1.20 bits per heavy atom. The molecule has 0 N–H and O–H groups in total. The predicted molar refractivity (Wildman–Crippen MR) is 92.0 cm³/mol. The van der Waals surface area contributed by atoms with E-state index in [2.05, 4.69) is 5.10 Å². The number of anilines is 1. The molecule has 3 rings (SSSR count). The number of aromatic nitrogens is 2. The van der Waals surface area contributed by atoms with Gasteiger partial charge in [0.05, 0.1) is 17.0 Å². The average molecular weight is 369 g/mol. The lowest BCUT2D eigenvalue weighted by atomic mass is 10.0. The summed E-state index contributed by atoms with van der Waals surface area (Å²) in [5.41, 5.74) is 0.235. The van der Waals surface area contributed by atoms with Crippen molar-refractivity contribution in [1.29, 1.82) is 0 Å². The van der Waals surface area contributed by atoms with Gasteiger partial charge in [0.15, 0.2) is 0 Å². The summed E-state index contributed by atoms with van der Waals surface area (Å²) in [6.45, 7) is 5.34. The van der Waals surface area contributed by atoms with E-state index in [1.54, 1.807) is 31.7 Å². The second-order valence-electron chi connectivity index (χ2n) is 7.17. The molecule has 1 aliphatic heterocycles. The van der Waals surface area contributed by atoms with E-state index in [-0.39, 0.29) is 5.56 Å². The Balaban J connectivity index is 2.06. The van der Waals surface area contributed by atoms with E-state index in [1.165, 1.54) is 12.3 Å². The Bertz CT molecular complexity index is 888. The predicted octanol–water partition coefficient (Wildman–Crippen LogP) is 3.48. The van der Waals surface area contributed by atoms with Gasteiger partial charge in [0.2, 0.25) is 0 Å². The minimum absolute atomic E-state index is 0.235. The van der Waals surface area contributed by atoms with E-state index < -0.39 is 32.4 Å². The summed E-state index contributed by atoms with van der Waals surface area (Å²) in [6.07, 6.45) is 2.78. The monoisotopic (exact) mass is 369 g/mol. The molecule has 1 aromatic heterocycles. The Hall–Kier alpha value is -1.96. The lowest BCUT2D eigenvalue weighted by Gasteiger charge is -2.29. The Labute approximate surface area is 146 Å². The van der Waals surface area contributed by atoms with Gasteiger partial charge in [-0.15, -0.1) is 4.09 Å². The van der Waals surface area contributed by atoms with E-state index >= 15 is 0 Å². The van der Waals surface area contributed by atoms with Crippen LogP contribution in [0.15, 0.2) is 30.5 Å². The van der Waals surface area contributed by atoms with Crippen LogP contribution in [0.5, 0.6) is 0 Å². The fraction of sp³-hybridized carbons (Fsp3) is 0.471. The molecule has 5 nitrogen and oxygen atoms in total. The van der Waals surface area contributed by atoms with Gasteiger partial charge in [0.25, 0.3) is 10.0 Å². The van der Waals surface area contributed by atoms with Crippen molar-refractivity contribution >= 4 is 15.8 Å². The van der Waals surface area contributed by atoms with Gasteiger partial charge < -0.3 is 4.90 Å². The lowest BCUT2D eigenvalue weighted by molar-refractivity contribution is 0.539. The van der Waals surface area contributed by atoms with Crippen LogP contribution < -0.4 is 4.90 Å². The molecule has 0 unspecified atom stereocenters. The van der Waals surface area contributed by atoms with Crippen molar-refractivity contribution in [1.82, 2.24) is 9.19 Å². The third-order valence-electron chi connectivity index (χ3n) is 4.46. The van der Waals surface area contributed by atoms with E-state index in [0.29, 0.717) is 18.8 Å². The summed E-state index contributed by atoms with van der Waals surface area (Å²) in [5, 5.41) is 3.99. The van der Waals surface area contributed by atoms with Gasteiger partial charge in [-0.1, -0.05) is 0 Å². The largest absolute Gasteiger partial charge is 0.349 e. The van der Waals surface area contributed by atoms with Crippen molar-refractivity contribution in [3.63, 3.8) is 0 Å². The van der Waals surface area contributed by atoms with Crippen LogP contribution in [0.25, 0.3) is 0 Å². The second kappa shape index (κ2) is 6.09. The van der Waals surface area contributed by atoms with Crippen molar-refractivity contribution in [2.24, 2.45) is 0 Å². The molecule has 1 fully saturated rings. The molecular weight excluding hydrogens is 348 g/mol. The molecule has 0 aliphatic carbocycles. The molecule has 0 spiro atoms. The van der Waals surface area contributed by atoms with Crippen LogP contribution in [0.3, 0.4) is 0 Å². The maximum atomic E-state index is 14.2. The van der Waals surface area contributed by atoms with Crippen LogP contribution in [0.2, 0.25) is 0 Å². The zero-order chi connectivity index (χ0) is 18.4. The average Bonchev–Trinajstić information content (AvgIpc) is 3.16. The van der Waals surface area contributed by atoms with E-state index in [9.17, 15) is 17.2 Å². The number of benzene rings is 1. The molecule has 136 valence electrons. The molecule has 2 heterocycles. The molecule has 8 heteroatoms. The van der Waals surface area contributed by atoms with Crippen LogP contribution in [0, 0.1) is 11.6 Å². The van der Waals surface area contributed by atoms with Gasteiger partial charge in [-0.25, -0.2) is 17.2 Å². The highest BCUT2D eigenvalue weighted by atomic mass is 32.2. The smallest absolute Gasteiger partial charge is 0.260 e. The standard InChI is InChI=1S/C17H21F2N3O2S/c1-17(2,3)25(23,24)22-16(8-9-20-22)21-10-4-5-15(21)13-11-12(18)6-7-14(13)19/h6-9,11,15H,4-5,10H2,1-3H3/t15-/m1/s1. The van der Waals surface area contributed by atoms with Crippen LogP contribution in [-0.4, -0.2) is 28.9 Å². The summed E-state index contributed by atoms with van der Waals surface area (Å²) < 4.78 is 53.4. The minimum Gasteiger partial charge on any atom is -0.349 e. The Kier molecular flexibility index (Phi) is 4.35. The molecule has 25 heavy (non-hydrogen) atoms. The molecule has 1 aromatic carbocycles. The summed E-state index contributed by atoms with van der Waals surface area (Å²) in [6, 6.07) is 4.52. The highest BCUT2D eigenvalue weighted by Crippen LogP contribution is 2.38. The van der Waals surface area contributed by atoms with E-state index in [0.717, 1.165) is 22.6 Å². The minimum atomic E-state index is -3.73. The number of hydrogen-bond donors (Lipinski definition) is 0. The summed E-state index contributed by atoms with van der Waals surface area (Å²) in [7, 11) is -3.73. The number of rotatable bonds is 3. The number of hydrogen-bond acceptors (Lipinski definition) is 4. The first-order valence-electron chi connectivity index (χ1n) is 8.13. The molecular formula is C17H21F2N3O2S. The van der Waals surface area contributed by atoms with Gasteiger partial charge in [0, 0.05) is 18.2 Å².